The lowest BCUT2D eigenvalue weighted by atomic mass is 9.76. The maximum atomic E-state index is 7.10. The molecule has 4 aromatic rings. The van der Waals surface area contributed by atoms with Crippen LogP contribution in [-0.2, 0) is 16.8 Å². The van der Waals surface area contributed by atoms with Gasteiger partial charge < -0.3 is 14.2 Å². The number of unbranched alkanes of at least 4 members (excludes halogenated alkanes) is 6. The van der Waals surface area contributed by atoms with Crippen molar-refractivity contribution in [3.05, 3.63) is 105 Å². The van der Waals surface area contributed by atoms with E-state index in [9.17, 15) is 0 Å². The van der Waals surface area contributed by atoms with Crippen LogP contribution in [0.15, 0.2) is 83.2 Å². The highest BCUT2D eigenvalue weighted by atomic mass is 32.1. The average Bonchev–Trinajstić information content (AvgIpc) is 3.54. The molecule has 3 heterocycles. The van der Waals surface area contributed by atoms with Crippen LogP contribution in [-0.4, -0.2) is 12.5 Å². The molecule has 0 radical (unpaired) electrons. The van der Waals surface area contributed by atoms with E-state index in [-0.39, 0.29) is 0 Å². The molecule has 1 aromatic heterocycles. The molecular formula is C36H39NO3S. The molecule has 0 bridgehead atoms. The van der Waals surface area contributed by atoms with Crippen LogP contribution in [0.4, 0.5) is 5.69 Å². The van der Waals surface area contributed by atoms with Gasteiger partial charge in [0.15, 0.2) is 5.60 Å². The number of hydrogen-bond donors (Lipinski definition) is 0. The number of ether oxygens (including phenoxy) is 3. The van der Waals surface area contributed by atoms with E-state index in [2.05, 4.69) is 73.8 Å². The molecule has 1 atom stereocenters. The van der Waals surface area contributed by atoms with E-state index in [0.29, 0.717) is 12.5 Å². The minimum absolute atomic E-state index is 0.636. The molecule has 6 rings (SSSR count). The van der Waals surface area contributed by atoms with Gasteiger partial charge in [-0.2, -0.15) is 0 Å². The van der Waals surface area contributed by atoms with Crippen molar-refractivity contribution < 1.29 is 14.2 Å². The first-order valence-corrected chi connectivity index (χ1v) is 16.1. The zero-order valence-electron chi connectivity index (χ0n) is 24.2. The van der Waals surface area contributed by atoms with Gasteiger partial charge in [-0.1, -0.05) is 88.8 Å². The highest BCUT2D eigenvalue weighted by Crippen LogP contribution is 2.57. The zero-order chi connectivity index (χ0) is 28.1. The van der Waals surface area contributed by atoms with Crippen LogP contribution in [0, 0.1) is 0 Å². The number of nitrogens with zero attached hydrogens (tertiary/aromatic N) is 1. The summed E-state index contributed by atoms with van der Waals surface area (Å²) >= 11 is 1.64. The van der Waals surface area contributed by atoms with Crippen LogP contribution in [0.5, 0.6) is 17.2 Å². The average molecular weight is 566 g/mol. The van der Waals surface area contributed by atoms with Gasteiger partial charge in [0.25, 0.3) is 0 Å². The largest absolute Gasteiger partial charge is 0.493 e. The Labute approximate surface area is 248 Å². The third kappa shape index (κ3) is 5.52. The summed E-state index contributed by atoms with van der Waals surface area (Å²) in [5.41, 5.74) is 4.32. The number of thiophene rings is 1. The molecule has 0 saturated heterocycles. The van der Waals surface area contributed by atoms with Crippen LogP contribution in [0.1, 0.15) is 92.3 Å². The fourth-order valence-corrected chi connectivity index (χ4v) is 6.56. The van der Waals surface area contributed by atoms with Crippen molar-refractivity contribution in [2.45, 2.75) is 77.2 Å². The smallest absolute Gasteiger partial charge is 0.233 e. The third-order valence-corrected chi connectivity index (χ3v) is 8.91. The fourth-order valence-electron chi connectivity index (χ4n) is 5.91. The molecule has 41 heavy (non-hydrogen) atoms. The summed E-state index contributed by atoms with van der Waals surface area (Å²) in [6.45, 7) is 5.19. The Hall–Kier alpha value is -3.57. The minimum Gasteiger partial charge on any atom is -0.493 e. The summed E-state index contributed by atoms with van der Waals surface area (Å²) in [6.07, 6.45) is 10.7. The second kappa shape index (κ2) is 12.5. The summed E-state index contributed by atoms with van der Waals surface area (Å²) in [6, 6.07) is 25.3. The molecule has 1 unspecified atom stereocenters. The topological polar surface area (TPSA) is 40.0 Å². The van der Waals surface area contributed by atoms with E-state index in [4.69, 9.17) is 19.2 Å². The highest BCUT2D eigenvalue weighted by Gasteiger charge is 2.50. The molecule has 0 amide bonds. The second-order valence-electron chi connectivity index (χ2n) is 11.0. The molecule has 3 aromatic carbocycles. The van der Waals surface area contributed by atoms with E-state index < -0.39 is 5.60 Å². The molecule has 0 N–H and O–H groups in total. The van der Waals surface area contributed by atoms with E-state index >= 15 is 0 Å². The first-order chi connectivity index (χ1) is 20.2. The summed E-state index contributed by atoms with van der Waals surface area (Å²) in [7, 11) is 0. The van der Waals surface area contributed by atoms with E-state index in [0.717, 1.165) is 57.3 Å². The van der Waals surface area contributed by atoms with Gasteiger partial charge in [-0.25, -0.2) is 4.99 Å². The Balaban J connectivity index is 1.44. The Bertz CT molecular complexity index is 1510. The maximum absolute atomic E-state index is 7.10. The first-order valence-electron chi connectivity index (χ1n) is 15.2. The van der Waals surface area contributed by atoms with Gasteiger partial charge >= 0.3 is 0 Å². The third-order valence-electron chi connectivity index (χ3n) is 8.05. The highest BCUT2D eigenvalue weighted by molar-refractivity contribution is 7.12. The lowest BCUT2D eigenvalue weighted by Crippen LogP contribution is -2.39. The number of fused-ring (bicyclic) bond motifs is 6. The second-order valence-corrected chi connectivity index (χ2v) is 12.0. The van der Waals surface area contributed by atoms with Crippen molar-refractivity contribution in [3.8, 4) is 17.2 Å². The normalized spacial score (nSPS) is 16.7. The van der Waals surface area contributed by atoms with E-state index in [1.54, 1.807) is 11.3 Å². The predicted octanol–water partition coefficient (Wildman–Crippen LogP) is 10.3. The quantitative estimate of drug-likeness (QED) is 0.160. The number of para-hydroxylation sites is 1. The van der Waals surface area contributed by atoms with Crippen molar-refractivity contribution >= 4 is 22.9 Å². The zero-order valence-corrected chi connectivity index (χ0v) is 25.0. The Morgan fingerprint density at radius 3 is 2.34 bits per heavy atom. The predicted molar refractivity (Wildman–Crippen MR) is 168 cm³/mol. The number of aryl methyl sites for hydroxylation is 1. The maximum Gasteiger partial charge on any atom is 0.233 e. The molecule has 5 heteroatoms. The fraction of sp³-hybridized carbons (Fsp3) is 0.361. The van der Waals surface area contributed by atoms with Crippen LogP contribution >= 0.6 is 11.3 Å². The van der Waals surface area contributed by atoms with Crippen molar-refractivity contribution in [3.63, 3.8) is 0 Å². The van der Waals surface area contributed by atoms with Crippen LogP contribution in [0.25, 0.3) is 0 Å². The standard InChI is InChI=1S/C36H39NO3S/c1-3-5-7-9-14-26-18-20-29-32(24-26)39-33-25-27(38-22-12-8-6-4-2)19-21-30(33)36(29)28-15-10-11-16-31(28)37-35(40-36)34-17-13-23-41-34/h10-11,13,15-21,23-25H,3-9,12,14,22H2,1-2H3. The number of rotatable bonds is 12. The van der Waals surface area contributed by atoms with Crippen LogP contribution < -0.4 is 9.47 Å². The molecule has 2 aliphatic heterocycles. The molecule has 0 saturated carbocycles. The monoisotopic (exact) mass is 565 g/mol. The Morgan fingerprint density at radius 2 is 1.54 bits per heavy atom. The summed E-state index contributed by atoms with van der Waals surface area (Å²) in [5.74, 6) is 3.07. The van der Waals surface area contributed by atoms with Gasteiger partial charge in [0.1, 0.15) is 17.2 Å². The summed E-state index contributed by atoms with van der Waals surface area (Å²) in [4.78, 5) is 5.99. The summed E-state index contributed by atoms with van der Waals surface area (Å²) < 4.78 is 20.0. The van der Waals surface area contributed by atoms with Crippen LogP contribution in [0.3, 0.4) is 0 Å². The number of aliphatic imine (C=N–C) groups is 1. The molecule has 0 fully saturated rings. The number of benzene rings is 3. The molecule has 0 aliphatic carbocycles. The van der Waals surface area contributed by atoms with Gasteiger partial charge in [0, 0.05) is 22.8 Å². The van der Waals surface area contributed by atoms with Crippen molar-refractivity contribution in [2.24, 2.45) is 4.99 Å². The minimum atomic E-state index is -0.888. The van der Waals surface area contributed by atoms with E-state index in [1.807, 2.05) is 18.2 Å². The molecular weight excluding hydrogens is 526 g/mol. The van der Waals surface area contributed by atoms with Crippen molar-refractivity contribution in [1.82, 2.24) is 0 Å². The van der Waals surface area contributed by atoms with E-state index in [1.165, 1.54) is 50.5 Å². The van der Waals surface area contributed by atoms with Crippen molar-refractivity contribution in [1.29, 1.82) is 0 Å². The molecule has 2 aliphatic rings. The van der Waals surface area contributed by atoms with Gasteiger partial charge in [0.2, 0.25) is 5.90 Å². The lowest BCUT2D eigenvalue weighted by molar-refractivity contribution is 0.124. The van der Waals surface area contributed by atoms with Gasteiger partial charge in [-0.3, -0.25) is 0 Å². The molecule has 212 valence electrons. The molecule has 1 spiro atoms. The van der Waals surface area contributed by atoms with Gasteiger partial charge in [-0.15, -0.1) is 11.3 Å². The van der Waals surface area contributed by atoms with Crippen LogP contribution in [0.2, 0.25) is 0 Å². The lowest BCUT2D eigenvalue weighted by Gasteiger charge is -2.43. The SMILES string of the molecule is CCCCCCOc1ccc2c(c1)Oc1cc(CCCCCC)ccc1C21OC(c2cccs2)=Nc2ccccc21. The summed E-state index contributed by atoms with van der Waals surface area (Å²) in [5, 5.41) is 2.06. The van der Waals surface area contributed by atoms with Gasteiger partial charge in [-0.05, 0) is 60.5 Å². The van der Waals surface area contributed by atoms with Crippen molar-refractivity contribution in [2.75, 3.05) is 6.61 Å². The van der Waals surface area contributed by atoms with Gasteiger partial charge in [0.05, 0.1) is 17.2 Å². The number of hydrogen-bond acceptors (Lipinski definition) is 5. The molecule has 4 nitrogen and oxygen atoms in total. The first kappa shape index (κ1) is 27.6. The Kier molecular flexibility index (Phi) is 8.43. The Morgan fingerprint density at radius 1 is 0.756 bits per heavy atom.